The quantitative estimate of drug-likeness (QED) is 0.787. The molecule has 1 fully saturated rings. The normalized spacial score (nSPS) is 17.3. The number of carbonyl (C=O) groups is 1. The maximum atomic E-state index is 12.4. The lowest BCUT2D eigenvalue weighted by Gasteiger charge is -2.21. The van der Waals surface area contributed by atoms with Crippen LogP contribution in [0.25, 0.3) is 0 Å². The molecule has 104 valence electrons. The van der Waals surface area contributed by atoms with Gasteiger partial charge in [0.05, 0.1) is 0 Å². The predicted molar refractivity (Wildman–Crippen MR) is 81.8 cm³/mol. The SMILES string of the molecule is O=C(c1cccc(Br)c1)N1CCCN(CCCl)CC1. The number of alkyl halides is 1. The number of rotatable bonds is 3. The molecule has 0 bridgehead atoms. The van der Waals surface area contributed by atoms with Crippen molar-refractivity contribution in [3.63, 3.8) is 0 Å². The average Bonchev–Trinajstić information content (AvgIpc) is 2.64. The zero-order chi connectivity index (χ0) is 13.7. The fourth-order valence-corrected chi connectivity index (χ4v) is 2.96. The van der Waals surface area contributed by atoms with Gasteiger partial charge in [-0.3, -0.25) is 4.79 Å². The van der Waals surface area contributed by atoms with E-state index in [9.17, 15) is 4.79 Å². The summed E-state index contributed by atoms with van der Waals surface area (Å²) in [6, 6.07) is 7.58. The van der Waals surface area contributed by atoms with Crippen molar-refractivity contribution in [1.82, 2.24) is 9.80 Å². The fraction of sp³-hybridized carbons (Fsp3) is 0.500. The number of hydrogen-bond donors (Lipinski definition) is 0. The molecule has 0 N–H and O–H groups in total. The average molecular weight is 346 g/mol. The van der Waals surface area contributed by atoms with Gasteiger partial charge in [0.25, 0.3) is 5.91 Å². The maximum absolute atomic E-state index is 12.4. The molecule has 1 aliphatic heterocycles. The molecular formula is C14H18BrClN2O. The molecule has 19 heavy (non-hydrogen) atoms. The van der Waals surface area contributed by atoms with Crippen molar-refractivity contribution >= 4 is 33.4 Å². The second-order valence-corrected chi connectivity index (χ2v) is 5.98. The van der Waals surface area contributed by atoms with E-state index >= 15 is 0 Å². The van der Waals surface area contributed by atoms with Crippen molar-refractivity contribution in [3.05, 3.63) is 34.3 Å². The van der Waals surface area contributed by atoms with E-state index in [2.05, 4.69) is 20.8 Å². The van der Waals surface area contributed by atoms with Crippen LogP contribution in [0, 0.1) is 0 Å². The van der Waals surface area contributed by atoms with E-state index in [1.165, 1.54) is 0 Å². The van der Waals surface area contributed by atoms with Gasteiger partial charge in [-0.05, 0) is 31.2 Å². The number of carbonyl (C=O) groups excluding carboxylic acids is 1. The molecule has 0 radical (unpaired) electrons. The lowest BCUT2D eigenvalue weighted by molar-refractivity contribution is 0.0762. The highest BCUT2D eigenvalue weighted by Gasteiger charge is 2.19. The van der Waals surface area contributed by atoms with Gasteiger partial charge < -0.3 is 9.80 Å². The number of amides is 1. The van der Waals surface area contributed by atoms with E-state index in [1.807, 2.05) is 29.2 Å². The Morgan fingerprint density at radius 3 is 2.84 bits per heavy atom. The van der Waals surface area contributed by atoms with Gasteiger partial charge in [-0.1, -0.05) is 22.0 Å². The molecule has 5 heteroatoms. The largest absolute Gasteiger partial charge is 0.337 e. The summed E-state index contributed by atoms with van der Waals surface area (Å²) in [6.07, 6.45) is 1.01. The number of hydrogen-bond acceptors (Lipinski definition) is 2. The molecule has 1 aromatic rings. The molecule has 1 saturated heterocycles. The van der Waals surface area contributed by atoms with E-state index in [0.717, 1.165) is 49.2 Å². The molecule has 0 aliphatic carbocycles. The zero-order valence-electron chi connectivity index (χ0n) is 10.8. The van der Waals surface area contributed by atoms with Gasteiger partial charge in [0.1, 0.15) is 0 Å². The minimum Gasteiger partial charge on any atom is -0.337 e. The van der Waals surface area contributed by atoms with Crippen molar-refractivity contribution in [1.29, 1.82) is 0 Å². The van der Waals surface area contributed by atoms with Gasteiger partial charge in [0, 0.05) is 42.1 Å². The Kier molecular flexibility index (Phi) is 5.67. The Bertz CT molecular complexity index is 441. The highest BCUT2D eigenvalue weighted by atomic mass is 79.9. The third kappa shape index (κ3) is 4.20. The molecule has 0 atom stereocenters. The van der Waals surface area contributed by atoms with Gasteiger partial charge in [-0.2, -0.15) is 0 Å². The molecule has 1 amide bonds. The number of benzene rings is 1. The molecule has 0 unspecified atom stereocenters. The molecule has 3 nitrogen and oxygen atoms in total. The molecule has 1 aliphatic rings. The summed E-state index contributed by atoms with van der Waals surface area (Å²) >= 11 is 9.18. The maximum Gasteiger partial charge on any atom is 0.253 e. The molecule has 1 heterocycles. The van der Waals surface area contributed by atoms with Crippen LogP contribution in [-0.4, -0.2) is 54.3 Å². The minimum atomic E-state index is 0.119. The summed E-state index contributed by atoms with van der Waals surface area (Å²) in [7, 11) is 0. The second kappa shape index (κ2) is 7.27. The molecule has 1 aromatic carbocycles. The zero-order valence-corrected chi connectivity index (χ0v) is 13.2. The van der Waals surface area contributed by atoms with Crippen LogP contribution in [0.15, 0.2) is 28.7 Å². The van der Waals surface area contributed by atoms with Crippen LogP contribution in [0.4, 0.5) is 0 Å². The van der Waals surface area contributed by atoms with Gasteiger partial charge in [-0.25, -0.2) is 0 Å². The monoisotopic (exact) mass is 344 g/mol. The lowest BCUT2D eigenvalue weighted by atomic mass is 10.2. The summed E-state index contributed by atoms with van der Waals surface area (Å²) in [5.74, 6) is 0.772. The molecular weight excluding hydrogens is 328 g/mol. The van der Waals surface area contributed by atoms with E-state index in [-0.39, 0.29) is 5.91 Å². The van der Waals surface area contributed by atoms with Gasteiger partial charge in [-0.15, -0.1) is 11.6 Å². The lowest BCUT2D eigenvalue weighted by Crippen LogP contribution is -2.35. The number of halogens is 2. The predicted octanol–water partition coefficient (Wildman–Crippen LogP) is 2.84. The van der Waals surface area contributed by atoms with Crippen molar-refractivity contribution in [2.45, 2.75) is 6.42 Å². The van der Waals surface area contributed by atoms with Crippen LogP contribution in [0.3, 0.4) is 0 Å². The van der Waals surface area contributed by atoms with Crippen LogP contribution in [-0.2, 0) is 0 Å². The summed E-state index contributed by atoms with van der Waals surface area (Å²) in [4.78, 5) is 16.7. The van der Waals surface area contributed by atoms with Crippen molar-refractivity contribution < 1.29 is 4.79 Å². The van der Waals surface area contributed by atoms with E-state index in [4.69, 9.17) is 11.6 Å². The Hall–Kier alpha value is -0.580. The van der Waals surface area contributed by atoms with Crippen LogP contribution in [0.1, 0.15) is 16.8 Å². The molecule has 0 spiro atoms. The van der Waals surface area contributed by atoms with Gasteiger partial charge >= 0.3 is 0 Å². The van der Waals surface area contributed by atoms with Gasteiger partial charge in [0.15, 0.2) is 0 Å². The van der Waals surface area contributed by atoms with Crippen LogP contribution < -0.4 is 0 Å². The van der Waals surface area contributed by atoms with Crippen molar-refractivity contribution in [2.75, 3.05) is 38.6 Å². The number of nitrogens with zero attached hydrogens (tertiary/aromatic N) is 2. The molecule has 2 rings (SSSR count). The first-order valence-electron chi connectivity index (χ1n) is 6.54. The van der Waals surface area contributed by atoms with Crippen molar-refractivity contribution in [3.8, 4) is 0 Å². The smallest absolute Gasteiger partial charge is 0.253 e. The first kappa shape index (κ1) is 14.8. The third-order valence-corrected chi connectivity index (χ3v) is 4.01. The Morgan fingerprint density at radius 1 is 1.26 bits per heavy atom. The highest BCUT2D eigenvalue weighted by Crippen LogP contribution is 2.14. The second-order valence-electron chi connectivity index (χ2n) is 4.69. The van der Waals surface area contributed by atoms with Crippen LogP contribution in [0.5, 0.6) is 0 Å². The molecule has 0 aromatic heterocycles. The van der Waals surface area contributed by atoms with E-state index in [0.29, 0.717) is 5.88 Å². The Labute approximate surface area is 127 Å². The standard InChI is InChI=1S/C14H18BrClN2O/c15-13-4-1-3-12(11-13)14(19)18-7-2-6-17(8-5-16)9-10-18/h1,3-4,11H,2,5-10H2. The first-order valence-corrected chi connectivity index (χ1v) is 7.86. The topological polar surface area (TPSA) is 23.6 Å². The van der Waals surface area contributed by atoms with Gasteiger partial charge in [0.2, 0.25) is 0 Å². The van der Waals surface area contributed by atoms with Crippen molar-refractivity contribution in [2.24, 2.45) is 0 Å². The Morgan fingerprint density at radius 2 is 2.11 bits per heavy atom. The highest BCUT2D eigenvalue weighted by molar-refractivity contribution is 9.10. The van der Waals surface area contributed by atoms with Crippen LogP contribution >= 0.6 is 27.5 Å². The summed E-state index contributed by atoms with van der Waals surface area (Å²) in [6.45, 7) is 4.44. The first-order chi connectivity index (χ1) is 9.20. The minimum absolute atomic E-state index is 0.119. The Balaban J connectivity index is 2.00. The summed E-state index contributed by atoms with van der Waals surface area (Å²) < 4.78 is 0.942. The van der Waals surface area contributed by atoms with E-state index < -0.39 is 0 Å². The third-order valence-electron chi connectivity index (χ3n) is 3.35. The summed E-state index contributed by atoms with van der Waals surface area (Å²) in [5.41, 5.74) is 0.750. The van der Waals surface area contributed by atoms with Crippen LogP contribution in [0.2, 0.25) is 0 Å². The fourth-order valence-electron chi connectivity index (χ4n) is 2.32. The summed E-state index contributed by atoms with van der Waals surface area (Å²) in [5, 5.41) is 0. The molecule has 0 saturated carbocycles. The van der Waals surface area contributed by atoms with E-state index in [1.54, 1.807) is 0 Å².